The van der Waals surface area contributed by atoms with Crippen LogP contribution in [0.3, 0.4) is 0 Å². The highest BCUT2D eigenvalue weighted by atomic mass is 79.9. The first kappa shape index (κ1) is 41.1. The second kappa shape index (κ2) is 14.5. The highest BCUT2D eigenvalue weighted by Gasteiger charge is 2.33. The molecule has 0 N–H and O–H groups in total. The number of rotatable bonds is 4. The van der Waals surface area contributed by atoms with Gasteiger partial charge in [0.05, 0.1) is 56.1 Å². The SMILES string of the molecule is FC(F)(F)c1ccc(-c2nc3c(Br)cc4c(cc(Br)c5nc(-c6ccc(C(F)(F)F)cc6)c(-c6ccc(C(F)(F)F)cc6)nc54)c3nc2-c2ccc(C(F)(F)F)cc2)cc1. The van der Waals surface area contributed by atoms with Crippen molar-refractivity contribution in [1.29, 1.82) is 0 Å². The van der Waals surface area contributed by atoms with Crippen molar-refractivity contribution < 1.29 is 52.7 Å². The van der Waals surface area contributed by atoms with E-state index in [0.29, 0.717) is 10.8 Å². The first-order chi connectivity index (χ1) is 28.1. The van der Waals surface area contributed by atoms with Crippen LogP contribution >= 0.6 is 31.9 Å². The molecule has 0 bridgehead atoms. The standard InChI is InChI=1S/C42H18Br2F12N4/c43-29-18-28-27(35-37(29)59-33(21-5-13-25(14-6-21)41(51,52)53)31(57-35)19-1-9-23(10-2-19)39(45,46)47)17-30(44)38-36(28)58-32(20-3-11-24(12-4-20)40(48,49)50)34(60-38)22-7-15-26(16-8-22)42(54,55)56/h1-18H. The molecule has 0 aliphatic rings. The zero-order chi connectivity index (χ0) is 43.1. The summed E-state index contributed by atoms with van der Waals surface area (Å²) in [5.41, 5.74) is -2.36. The van der Waals surface area contributed by atoms with Crippen molar-refractivity contribution in [2.75, 3.05) is 0 Å². The van der Waals surface area contributed by atoms with E-state index in [1.54, 1.807) is 12.1 Å². The number of hydrogen-bond acceptors (Lipinski definition) is 4. The number of halogens is 14. The maximum atomic E-state index is 13.5. The fraction of sp³-hybridized carbons (Fsp3) is 0.0952. The van der Waals surface area contributed by atoms with Crippen LogP contribution in [0, 0.1) is 0 Å². The molecule has 0 aliphatic carbocycles. The van der Waals surface area contributed by atoms with E-state index in [-0.39, 0.29) is 76.0 Å². The van der Waals surface area contributed by atoms with Crippen LogP contribution in [-0.2, 0) is 24.7 Å². The molecule has 0 aliphatic heterocycles. The van der Waals surface area contributed by atoms with E-state index >= 15 is 0 Å². The predicted molar refractivity (Wildman–Crippen MR) is 207 cm³/mol. The lowest BCUT2D eigenvalue weighted by molar-refractivity contribution is -0.138. The molecule has 0 spiro atoms. The summed E-state index contributed by atoms with van der Waals surface area (Å²) in [6.45, 7) is 0. The van der Waals surface area contributed by atoms with E-state index in [0.717, 1.165) is 97.1 Å². The Hall–Kier alpha value is -5.62. The number of nitrogens with zero attached hydrogens (tertiary/aromatic N) is 4. The third kappa shape index (κ3) is 7.66. The summed E-state index contributed by atoms with van der Waals surface area (Å²) in [5.74, 6) is 0. The van der Waals surface area contributed by atoms with Crippen LogP contribution in [-0.4, -0.2) is 19.9 Å². The van der Waals surface area contributed by atoms with Gasteiger partial charge in [-0.25, -0.2) is 19.9 Å². The number of hydrogen-bond donors (Lipinski definition) is 0. The minimum atomic E-state index is -4.68. The zero-order valence-corrected chi connectivity index (χ0v) is 32.6. The number of fused-ring (bicyclic) bond motifs is 5. The Balaban J connectivity index is 1.41. The Labute approximate surface area is 346 Å². The van der Waals surface area contributed by atoms with Crippen LogP contribution in [0.25, 0.3) is 77.9 Å². The summed E-state index contributed by atoms with van der Waals surface area (Å²) in [6, 6.07) is 19.1. The first-order valence-corrected chi connectivity index (χ1v) is 18.7. The van der Waals surface area contributed by atoms with Crippen molar-refractivity contribution >= 4 is 64.7 Å². The Morgan fingerprint density at radius 3 is 0.700 bits per heavy atom. The summed E-state index contributed by atoms with van der Waals surface area (Å²) < 4.78 is 163. The lowest BCUT2D eigenvalue weighted by atomic mass is 9.99. The van der Waals surface area contributed by atoms with Crippen molar-refractivity contribution in [1.82, 2.24) is 19.9 Å². The largest absolute Gasteiger partial charge is 0.416 e. The van der Waals surface area contributed by atoms with E-state index in [9.17, 15) is 52.7 Å². The summed E-state index contributed by atoms with van der Waals surface area (Å²) >= 11 is 7.02. The molecule has 0 unspecified atom stereocenters. The van der Waals surface area contributed by atoms with Gasteiger partial charge in [-0.3, -0.25) is 0 Å². The molecule has 2 heterocycles. The van der Waals surface area contributed by atoms with Gasteiger partial charge in [-0.2, -0.15) is 52.7 Å². The maximum absolute atomic E-state index is 13.5. The summed E-state index contributed by atoms with van der Waals surface area (Å²) in [5, 5.41) is 0.698. The Morgan fingerprint density at radius 1 is 0.300 bits per heavy atom. The molecule has 4 nitrogen and oxygen atoms in total. The Bertz CT molecular complexity index is 2760. The lowest BCUT2D eigenvalue weighted by Gasteiger charge is -2.17. The van der Waals surface area contributed by atoms with E-state index in [2.05, 4.69) is 31.9 Å². The summed E-state index contributed by atoms with van der Waals surface area (Å²) in [7, 11) is 0. The van der Waals surface area contributed by atoms with Gasteiger partial charge < -0.3 is 0 Å². The lowest BCUT2D eigenvalue weighted by Crippen LogP contribution is -2.05. The molecule has 2 aromatic heterocycles. The molecule has 0 amide bonds. The molecule has 0 fully saturated rings. The normalized spacial score (nSPS) is 12.8. The van der Waals surface area contributed by atoms with Gasteiger partial charge >= 0.3 is 24.7 Å². The summed E-state index contributed by atoms with van der Waals surface area (Å²) in [4.78, 5) is 19.3. The van der Waals surface area contributed by atoms with E-state index in [1.807, 2.05) is 0 Å². The van der Waals surface area contributed by atoms with Gasteiger partial charge in [0.15, 0.2) is 0 Å². The highest BCUT2D eigenvalue weighted by molar-refractivity contribution is 9.11. The van der Waals surface area contributed by atoms with Crippen molar-refractivity contribution in [3.63, 3.8) is 0 Å². The van der Waals surface area contributed by atoms with Gasteiger partial charge in [-0.15, -0.1) is 0 Å². The van der Waals surface area contributed by atoms with E-state index in [4.69, 9.17) is 19.9 Å². The third-order valence-corrected chi connectivity index (χ3v) is 10.7. The van der Waals surface area contributed by atoms with E-state index < -0.39 is 47.0 Å². The van der Waals surface area contributed by atoms with Gasteiger partial charge in [0.1, 0.15) is 11.0 Å². The van der Waals surface area contributed by atoms with Crippen LogP contribution in [0.4, 0.5) is 52.7 Å². The molecule has 8 aromatic rings. The van der Waals surface area contributed by atoms with Gasteiger partial charge in [0.2, 0.25) is 0 Å². The second-order valence-electron chi connectivity index (χ2n) is 13.3. The van der Waals surface area contributed by atoms with Crippen LogP contribution in [0.2, 0.25) is 0 Å². The first-order valence-electron chi connectivity index (χ1n) is 17.1. The monoisotopic (exact) mass is 964 g/mol. The molecule has 8 rings (SSSR count). The van der Waals surface area contributed by atoms with Crippen molar-refractivity contribution in [2.45, 2.75) is 24.7 Å². The molecule has 304 valence electrons. The van der Waals surface area contributed by atoms with Gasteiger partial charge in [-0.1, -0.05) is 48.5 Å². The fourth-order valence-electron chi connectivity index (χ4n) is 6.59. The van der Waals surface area contributed by atoms with Gasteiger partial charge in [0, 0.05) is 42.0 Å². The molecular weight excluding hydrogens is 948 g/mol. The minimum absolute atomic E-state index is 0.0146. The molecular formula is C42H18Br2F12N4. The molecule has 0 saturated carbocycles. The molecule has 0 saturated heterocycles. The maximum Gasteiger partial charge on any atom is 0.416 e. The number of benzene rings is 6. The van der Waals surface area contributed by atoms with Crippen LogP contribution in [0.15, 0.2) is 118 Å². The Kier molecular flexibility index (Phi) is 9.96. The quantitative estimate of drug-likeness (QED) is 0.130. The van der Waals surface area contributed by atoms with Crippen LogP contribution in [0.5, 0.6) is 0 Å². The molecule has 0 atom stereocenters. The van der Waals surface area contributed by atoms with Crippen molar-refractivity contribution in [2.24, 2.45) is 0 Å². The van der Waals surface area contributed by atoms with Gasteiger partial charge in [0.25, 0.3) is 0 Å². The third-order valence-electron chi connectivity index (χ3n) is 9.53. The predicted octanol–water partition coefficient (Wildman–Crippen LogP) is 15.0. The molecule has 0 radical (unpaired) electrons. The second-order valence-corrected chi connectivity index (χ2v) is 15.1. The van der Waals surface area contributed by atoms with Crippen molar-refractivity contribution in [3.8, 4) is 45.0 Å². The molecule has 6 aromatic carbocycles. The zero-order valence-electron chi connectivity index (χ0n) is 29.5. The number of aromatic nitrogens is 4. The van der Waals surface area contributed by atoms with Crippen LogP contribution in [0.1, 0.15) is 22.3 Å². The molecule has 60 heavy (non-hydrogen) atoms. The smallest absolute Gasteiger partial charge is 0.243 e. The highest BCUT2D eigenvalue weighted by Crippen LogP contribution is 2.43. The Morgan fingerprint density at radius 2 is 0.500 bits per heavy atom. The van der Waals surface area contributed by atoms with Gasteiger partial charge in [-0.05, 0) is 92.5 Å². The fourth-order valence-corrected chi connectivity index (χ4v) is 7.60. The van der Waals surface area contributed by atoms with Crippen LogP contribution < -0.4 is 0 Å². The minimum Gasteiger partial charge on any atom is -0.243 e. The number of alkyl halides is 12. The average Bonchev–Trinajstić information content (AvgIpc) is 3.19. The van der Waals surface area contributed by atoms with E-state index in [1.165, 1.54) is 0 Å². The van der Waals surface area contributed by atoms with Crippen molar-refractivity contribution in [3.05, 3.63) is 140 Å². The average molecular weight is 966 g/mol. The summed E-state index contributed by atoms with van der Waals surface area (Å²) in [6.07, 6.45) is -18.7. The molecule has 18 heteroatoms. The topological polar surface area (TPSA) is 51.6 Å².